The highest BCUT2D eigenvalue weighted by atomic mass is 16.5. The summed E-state index contributed by atoms with van der Waals surface area (Å²) < 4.78 is 4.56. The van der Waals surface area contributed by atoms with Crippen molar-refractivity contribution >= 4 is 17.8 Å². The molecule has 6 atom stereocenters. The van der Waals surface area contributed by atoms with Crippen LogP contribution in [-0.2, 0) is 19.1 Å². The zero-order chi connectivity index (χ0) is 13.3. The number of hydrogen-bond donors (Lipinski definition) is 0. The van der Waals surface area contributed by atoms with Crippen molar-refractivity contribution in [2.24, 2.45) is 35.5 Å². The van der Waals surface area contributed by atoms with Gasteiger partial charge in [0.25, 0.3) is 0 Å². The fourth-order valence-electron chi connectivity index (χ4n) is 4.37. The molecule has 1 heterocycles. The highest BCUT2D eigenvalue weighted by Gasteiger charge is 2.67. The summed E-state index contributed by atoms with van der Waals surface area (Å²) in [4.78, 5) is 37.3. The summed E-state index contributed by atoms with van der Waals surface area (Å²) in [5, 5.41) is 0. The predicted octanol–water partition coefficient (Wildman–Crippen LogP) is 0.212. The number of ether oxygens (including phenoxy) is 1. The second-order valence-electron chi connectivity index (χ2n) is 5.99. The molecule has 2 saturated carbocycles. The first-order chi connectivity index (χ1) is 9.13. The van der Waals surface area contributed by atoms with Gasteiger partial charge in [0.15, 0.2) is 0 Å². The first kappa shape index (κ1) is 11.2. The Kier molecular flexibility index (Phi) is 2.04. The van der Waals surface area contributed by atoms with Crippen LogP contribution in [0.4, 0.5) is 0 Å². The molecule has 100 valence electrons. The molecule has 5 rings (SSSR count). The third-order valence-corrected chi connectivity index (χ3v) is 5.27. The number of carbonyl (C=O) groups is 3. The molecule has 1 aliphatic heterocycles. The molecule has 19 heavy (non-hydrogen) atoms. The van der Waals surface area contributed by atoms with Crippen LogP contribution in [0, 0.1) is 35.5 Å². The van der Waals surface area contributed by atoms with Crippen LogP contribution in [0.25, 0.3) is 0 Å². The second kappa shape index (κ2) is 3.46. The van der Waals surface area contributed by atoms with Crippen molar-refractivity contribution in [3.8, 4) is 0 Å². The molecular formula is C14H15NO4. The maximum Gasteiger partial charge on any atom is 0.325 e. The lowest BCUT2D eigenvalue weighted by Gasteiger charge is -2.37. The molecule has 2 amide bonds. The Labute approximate surface area is 110 Å². The number of methoxy groups -OCH3 is 1. The minimum absolute atomic E-state index is 0.176. The number of likely N-dealkylation sites (tertiary alicyclic amines) is 1. The summed E-state index contributed by atoms with van der Waals surface area (Å²) in [5.41, 5.74) is 0. The molecule has 0 unspecified atom stereocenters. The van der Waals surface area contributed by atoms with E-state index in [0.29, 0.717) is 11.8 Å². The largest absolute Gasteiger partial charge is 0.468 e. The van der Waals surface area contributed by atoms with E-state index >= 15 is 0 Å². The minimum atomic E-state index is -0.536. The minimum Gasteiger partial charge on any atom is -0.468 e. The maximum atomic E-state index is 12.4. The van der Waals surface area contributed by atoms with E-state index in [1.807, 2.05) is 0 Å². The SMILES string of the molecule is COC(=O)CN1C(=O)[C@@H]2[C@@H]3C=C[C@@H]([C@@H]4C[C@@H]34)[C@@H]2C1=O. The first-order valence-electron chi connectivity index (χ1n) is 6.74. The molecule has 2 bridgehead atoms. The Hall–Kier alpha value is -1.65. The lowest BCUT2D eigenvalue weighted by molar-refractivity contribution is -0.151. The topological polar surface area (TPSA) is 63.7 Å². The number of allylic oxidation sites excluding steroid dienone is 2. The summed E-state index contributed by atoms with van der Waals surface area (Å²) in [6, 6.07) is 0. The van der Waals surface area contributed by atoms with Gasteiger partial charge in [-0.15, -0.1) is 0 Å². The van der Waals surface area contributed by atoms with E-state index in [-0.39, 0.29) is 42.0 Å². The molecule has 0 N–H and O–H groups in total. The third kappa shape index (κ3) is 1.28. The van der Waals surface area contributed by atoms with E-state index < -0.39 is 5.97 Å². The number of hydrogen-bond acceptors (Lipinski definition) is 4. The van der Waals surface area contributed by atoms with Crippen molar-refractivity contribution in [3.05, 3.63) is 12.2 Å². The van der Waals surface area contributed by atoms with Crippen LogP contribution >= 0.6 is 0 Å². The Bertz CT molecular complexity index is 490. The highest BCUT2D eigenvalue weighted by Crippen LogP contribution is 2.65. The number of amides is 2. The average Bonchev–Trinajstić information content (AvgIpc) is 3.20. The standard InChI is InChI=1S/C14H15NO4/c1-19-10(16)5-15-13(17)11-6-2-3-7(9-4-8(6)9)12(11)14(15)18/h2-3,6-9,11-12H,4-5H2,1H3/t6-,7+,8-,9-,11-,12+/m0/s1. The smallest absolute Gasteiger partial charge is 0.325 e. The van der Waals surface area contributed by atoms with Crippen LogP contribution in [0.3, 0.4) is 0 Å². The fraction of sp³-hybridized carbons (Fsp3) is 0.643. The van der Waals surface area contributed by atoms with Crippen LogP contribution in [0.2, 0.25) is 0 Å². The van der Waals surface area contributed by atoms with Crippen LogP contribution < -0.4 is 0 Å². The van der Waals surface area contributed by atoms with E-state index in [4.69, 9.17) is 0 Å². The second-order valence-corrected chi connectivity index (χ2v) is 5.99. The van der Waals surface area contributed by atoms with E-state index in [1.165, 1.54) is 7.11 Å². The van der Waals surface area contributed by atoms with Crippen LogP contribution in [-0.4, -0.2) is 36.3 Å². The first-order valence-corrected chi connectivity index (χ1v) is 6.74. The summed E-state index contributed by atoms with van der Waals surface area (Å²) in [7, 11) is 1.26. The van der Waals surface area contributed by atoms with Gasteiger partial charge < -0.3 is 4.74 Å². The van der Waals surface area contributed by atoms with Crippen molar-refractivity contribution in [1.29, 1.82) is 0 Å². The summed E-state index contributed by atoms with van der Waals surface area (Å²) >= 11 is 0. The fourth-order valence-corrected chi connectivity index (χ4v) is 4.37. The Balaban J connectivity index is 1.66. The van der Waals surface area contributed by atoms with Gasteiger partial charge in [-0.05, 0) is 30.1 Å². The molecule has 0 aromatic carbocycles. The van der Waals surface area contributed by atoms with Gasteiger partial charge in [-0.3, -0.25) is 19.3 Å². The van der Waals surface area contributed by atoms with E-state index in [0.717, 1.165) is 11.3 Å². The lowest BCUT2D eigenvalue weighted by atomic mass is 9.63. The monoisotopic (exact) mass is 261 g/mol. The van der Waals surface area contributed by atoms with Gasteiger partial charge in [-0.25, -0.2) is 0 Å². The van der Waals surface area contributed by atoms with Gasteiger partial charge in [0.1, 0.15) is 6.54 Å². The number of esters is 1. The van der Waals surface area contributed by atoms with Gasteiger partial charge in [-0.2, -0.15) is 0 Å². The average molecular weight is 261 g/mol. The van der Waals surface area contributed by atoms with Crippen molar-refractivity contribution in [1.82, 2.24) is 4.90 Å². The molecule has 4 aliphatic carbocycles. The zero-order valence-electron chi connectivity index (χ0n) is 10.6. The van der Waals surface area contributed by atoms with Crippen molar-refractivity contribution in [2.75, 3.05) is 13.7 Å². The zero-order valence-corrected chi connectivity index (χ0v) is 10.6. The van der Waals surface area contributed by atoms with E-state index in [1.54, 1.807) is 0 Å². The summed E-state index contributed by atoms with van der Waals surface area (Å²) in [6.45, 7) is -0.240. The van der Waals surface area contributed by atoms with Crippen molar-refractivity contribution in [2.45, 2.75) is 6.42 Å². The molecular weight excluding hydrogens is 246 g/mol. The van der Waals surface area contributed by atoms with Crippen LogP contribution in [0.15, 0.2) is 12.2 Å². The quantitative estimate of drug-likeness (QED) is 0.405. The Morgan fingerprint density at radius 2 is 1.74 bits per heavy atom. The van der Waals surface area contributed by atoms with Gasteiger partial charge in [0.2, 0.25) is 11.8 Å². The highest BCUT2D eigenvalue weighted by molar-refractivity contribution is 6.07. The molecule has 5 aliphatic rings. The lowest BCUT2D eigenvalue weighted by Crippen LogP contribution is -2.40. The normalized spacial score (nSPS) is 45.2. The number of carbonyl (C=O) groups excluding carboxylic acids is 3. The van der Waals surface area contributed by atoms with Gasteiger partial charge in [0, 0.05) is 0 Å². The van der Waals surface area contributed by atoms with Gasteiger partial charge in [-0.1, -0.05) is 12.2 Å². The molecule has 0 aromatic heterocycles. The van der Waals surface area contributed by atoms with Crippen LogP contribution in [0.5, 0.6) is 0 Å². The number of nitrogens with zero attached hydrogens (tertiary/aromatic N) is 1. The molecule has 5 nitrogen and oxygen atoms in total. The third-order valence-electron chi connectivity index (χ3n) is 5.27. The number of imide groups is 1. The Morgan fingerprint density at radius 3 is 2.21 bits per heavy atom. The molecule has 3 fully saturated rings. The maximum absolute atomic E-state index is 12.4. The molecule has 5 heteroatoms. The van der Waals surface area contributed by atoms with Crippen molar-refractivity contribution < 1.29 is 19.1 Å². The van der Waals surface area contributed by atoms with E-state index in [9.17, 15) is 14.4 Å². The number of rotatable bonds is 2. The summed E-state index contributed by atoms with van der Waals surface area (Å²) in [6.07, 6.45) is 5.38. The van der Waals surface area contributed by atoms with Crippen LogP contribution in [0.1, 0.15) is 6.42 Å². The van der Waals surface area contributed by atoms with Gasteiger partial charge >= 0.3 is 5.97 Å². The molecule has 0 aromatic rings. The van der Waals surface area contributed by atoms with Gasteiger partial charge in [0.05, 0.1) is 18.9 Å². The van der Waals surface area contributed by atoms with E-state index in [2.05, 4.69) is 16.9 Å². The van der Waals surface area contributed by atoms with Crippen molar-refractivity contribution in [3.63, 3.8) is 0 Å². The predicted molar refractivity (Wildman–Crippen MR) is 63.4 cm³/mol. The summed E-state index contributed by atoms with van der Waals surface area (Å²) in [5.74, 6) is 0.253. The molecule has 0 spiro atoms. The molecule has 1 saturated heterocycles. The molecule has 0 radical (unpaired) electrons. The Morgan fingerprint density at radius 1 is 1.21 bits per heavy atom.